The lowest BCUT2D eigenvalue weighted by Gasteiger charge is -2.10. The fourth-order valence-corrected chi connectivity index (χ4v) is 1.49. The lowest BCUT2D eigenvalue weighted by molar-refractivity contribution is -0.0531. The van der Waals surface area contributed by atoms with Gasteiger partial charge < -0.3 is 14.2 Å². The molecule has 1 heterocycles. The van der Waals surface area contributed by atoms with E-state index in [1.165, 1.54) is 0 Å². The van der Waals surface area contributed by atoms with E-state index in [0.717, 1.165) is 18.5 Å². The molecule has 2 rings (SSSR count). The third-order valence-electron chi connectivity index (χ3n) is 2.33. The molecule has 0 N–H and O–H groups in total. The predicted octanol–water partition coefficient (Wildman–Crippen LogP) is 1.64. The average Bonchev–Trinajstić information content (AvgIpc) is 2.83. The molecule has 16 heavy (non-hydrogen) atoms. The Kier molecular flexibility index (Phi) is 3.91. The predicted molar refractivity (Wildman–Crippen MR) is 57.6 cm³/mol. The van der Waals surface area contributed by atoms with Gasteiger partial charge in [-0.05, 0) is 24.3 Å². The second-order valence-corrected chi connectivity index (χ2v) is 3.50. The number of carbonyl (C=O) groups excluding carboxylic acids is 1. The minimum atomic E-state index is -0.130. The summed E-state index contributed by atoms with van der Waals surface area (Å²) in [6, 6.07) is 7.01. The first kappa shape index (κ1) is 11.1. The summed E-state index contributed by atoms with van der Waals surface area (Å²) < 4.78 is 16.0. The van der Waals surface area contributed by atoms with Crippen LogP contribution in [0, 0.1) is 0 Å². The maximum absolute atomic E-state index is 10.4. The normalized spacial score (nSPS) is 16.2. The van der Waals surface area contributed by atoms with Crippen molar-refractivity contribution in [3.8, 4) is 5.75 Å². The molecule has 0 aromatic heterocycles. The smallest absolute Gasteiger partial charge is 0.161 e. The maximum atomic E-state index is 10.4. The zero-order valence-corrected chi connectivity index (χ0v) is 8.93. The van der Waals surface area contributed by atoms with Crippen LogP contribution in [-0.4, -0.2) is 32.4 Å². The highest BCUT2D eigenvalue weighted by molar-refractivity contribution is 5.74. The van der Waals surface area contributed by atoms with Crippen molar-refractivity contribution in [2.24, 2.45) is 0 Å². The highest BCUT2D eigenvalue weighted by Gasteiger charge is 2.15. The Morgan fingerprint density at radius 3 is 2.56 bits per heavy atom. The SMILES string of the molecule is O=Cc1ccc(OCCC2OCCO2)cc1. The summed E-state index contributed by atoms with van der Waals surface area (Å²) in [5.41, 5.74) is 0.648. The van der Waals surface area contributed by atoms with Gasteiger partial charge in [0.2, 0.25) is 0 Å². The Morgan fingerprint density at radius 2 is 1.94 bits per heavy atom. The van der Waals surface area contributed by atoms with E-state index in [-0.39, 0.29) is 6.29 Å². The number of carbonyl (C=O) groups is 1. The molecule has 0 unspecified atom stereocenters. The van der Waals surface area contributed by atoms with Crippen molar-refractivity contribution in [1.82, 2.24) is 0 Å². The summed E-state index contributed by atoms with van der Waals surface area (Å²) in [6.45, 7) is 1.88. The fraction of sp³-hybridized carbons (Fsp3) is 0.417. The van der Waals surface area contributed by atoms with Crippen molar-refractivity contribution in [1.29, 1.82) is 0 Å². The molecule has 0 aliphatic carbocycles. The summed E-state index contributed by atoms with van der Waals surface area (Å²) in [7, 11) is 0. The van der Waals surface area contributed by atoms with Crippen LogP contribution in [0.2, 0.25) is 0 Å². The van der Waals surface area contributed by atoms with Crippen LogP contribution in [-0.2, 0) is 9.47 Å². The topological polar surface area (TPSA) is 44.8 Å². The van der Waals surface area contributed by atoms with Gasteiger partial charge in [-0.15, -0.1) is 0 Å². The average molecular weight is 222 g/mol. The van der Waals surface area contributed by atoms with Crippen molar-refractivity contribution >= 4 is 6.29 Å². The number of rotatable bonds is 5. The third-order valence-corrected chi connectivity index (χ3v) is 2.33. The summed E-state index contributed by atoms with van der Waals surface area (Å²) in [5.74, 6) is 0.753. The van der Waals surface area contributed by atoms with Crippen molar-refractivity contribution in [3.05, 3.63) is 29.8 Å². The van der Waals surface area contributed by atoms with Crippen molar-refractivity contribution < 1.29 is 19.0 Å². The number of ether oxygens (including phenoxy) is 3. The molecule has 1 aliphatic rings. The largest absolute Gasteiger partial charge is 0.493 e. The minimum absolute atomic E-state index is 0.130. The number of hydrogen-bond donors (Lipinski definition) is 0. The van der Waals surface area contributed by atoms with E-state index in [1.807, 2.05) is 0 Å². The molecule has 1 aromatic rings. The van der Waals surface area contributed by atoms with Crippen molar-refractivity contribution in [2.75, 3.05) is 19.8 Å². The Labute approximate surface area is 94.1 Å². The standard InChI is InChI=1S/C12H14O4/c13-9-10-1-3-11(4-2-10)14-6-5-12-15-7-8-16-12/h1-4,9,12H,5-8H2. The van der Waals surface area contributed by atoms with E-state index < -0.39 is 0 Å². The second-order valence-electron chi connectivity index (χ2n) is 3.50. The molecule has 1 saturated heterocycles. The van der Waals surface area contributed by atoms with Gasteiger partial charge in [0.25, 0.3) is 0 Å². The Balaban J connectivity index is 1.73. The van der Waals surface area contributed by atoms with Crippen LogP contribution in [0.1, 0.15) is 16.8 Å². The van der Waals surface area contributed by atoms with Gasteiger partial charge in [0.05, 0.1) is 19.8 Å². The quantitative estimate of drug-likeness (QED) is 0.710. The van der Waals surface area contributed by atoms with E-state index in [1.54, 1.807) is 24.3 Å². The Hall–Kier alpha value is -1.39. The molecule has 0 saturated carbocycles. The summed E-state index contributed by atoms with van der Waals surface area (Å²) in [4.78, 5) is 10.4. The van der Waals surface area contributed by atoms with Gasteiger partial charge in [0, 0.05) is 12.0 Å². The van der Waals surface area contributed by atoms with Gasteiger partial charge in [-0.2, -0.15) is 0 Å². The van der Waals surface area contributed by atoms with Crippen LogP contribution in [0.4, 0.5) is 0 Å². The summed E-state index contributed by atoms with van der Waals surface area (Å²) in [5, 5.41) is 0. The van der Waals surface area contributed by atoms with Crippen LogP contribution in [0.3, 0.4) is 0 Å². The molecule has 0 bridgehead atoms. The first-order valence-corrected chi connectivity index (χ1v) is 5.30. The molecule has 1 aromatic carbocycles. The molecule has 0 spiro atoms. The molecular formula is C12H14O4. The first-order valence-electron chi connectivity index (χ1n) is 5.30. The van der Waals surface area contributed by atoms with Gasteiger partial charge in [-0.3, -0.25) is 4.79 Å². The fourth-order valence-electron chi connectivity index (χ4n) is 1.49. The molecule has 0 atom stereocenters. The van der Waals surface area contributed by atoms with Crippen molar-refractivity contribution in [3.63, 3.8) is 0 Å². The number of benzene rings is 1. The highest BCUT2D eigenvalue weighted by atomic mass is 16.7. The zero-order chi connectivity index (χ0) is 11.2. The summed E-state index contributed by atoms with van der Waals surface area (Å²) >= 11 is 0. The van der Waals surface area contributed by atoms with Crippen LogP contribution in [0.5, 0.6) is 5.75 Å². The summed E-state index contributed by atoms with van der Waals surface area (Å²) in [6.07, 6.45) is 1.40. The van der Waals surface area contributed by atoms with Gasteiger partial charge in [0.1, 0.15) is 12.0 Å². The Morgan fingerprint density at radius 1 is 1.25 bits per heavy atom. The molecular weight excluding hydrogens is 208 g/mol. The molecule has 1 aliphatic heterocycles. The van der Waals surface area contributed by atoms with Crippen molar-refractivity contribution in [2.45, 2.75) is 12.7 Å². The first-order chi connectivity index (χ1) is 7.88. The number of hydrogen-bond acceptors (Lipinski definition) is 4. The van der Waals surface area contributed by atoms with Crippen LogP contribution in [0.15, 0.2) is 24.3 Å². The molecule has 0 radical (unpaired) electrons. The minimum Gasteiger partial charge on any atom is -0.493 e. The van der Waals surface area contributed by atoms with Gasteiger partial charge in [-0.25, -0.2) is 0 Å². The zero-order valence-electron chi connectivity index (χ0n) is 8.93. The van der Waals surface area contributed by atoms with E-state index in [9.17, 15) is 4.79 Å². The number of aldehydes is 1. The van der Waals surface area contributed by atoms with Gasteiger partial charge in [0.15, 0.2) is 6.29 Å². The Bertz CT molecular complexity index is 327. The highest BCUT2D eigenvalue weighted by Crippen LogP contribution is 2.13. The monoisotopic (exact) mass is 222 g/mol. The van der Waals surface area contributed by atoms with E-state index in [0.29, 0.717) is 25.4 Å². The lowest BCUT2D eigenvalue weighted by atomic mass is 10.2. The van der Waals surface area contributed by atoms with E-state index in [4.69, 9.17) is 14.2 Å². The van der Waals surface area contributed by atoms with Crippen LogP contribution in [0.25, 0.3) is 0 Å². The van der Waals surface area contributed by atoms with Crippen LogP contribution < -0.4 is 4.74 Å². The van der Waals surface area contributed by atoms with Crippen LogP contribution >= 0.6 is 0 Å². The second kappa shape index (κ2) is 5.63. The molecule has 86 valence electrons. The van der Waals surface area contributed by atoms with Gasteiger partial charge in [-0.1, -0.05) is 0 Å². The van der Waals surface area contributed by atoms with Gasteiger partial charge >= 0.3 is 0 Å². The van der Waals surface area contributed by atoms with E-state index in [2.05, 4.69) is 0 Å². The molecule has 4 heteroatoms. The molecule has 0 amide bonds. The van der Waals surface area contributed by atoms with E-state index >= 15 is 0 Å². The molecule has 4 nitrogen and oxygen atoms in total. The molecule has 1 fully saturated rings. The maximum Gasteiger partial charge on any atom is 0.161 e. The lowest BCUT2D eigenvalue weighted by Crippen LogP contribution is -2.12. The third kappa shape index (κ3) is 3.05.